The summed E-state index contributed by atoms with van der Waals surface area (Å²) in [7, 11) is 0. The van der Waals surface area contributed by atoms with E-state index >= 15 is 0 Å². The fourth-order valence-corrected chi connectivity index (χ4v) is 1.64. The molecule has 5 heteroatoms. The molecule has 0 amide bonds. The summed E-state index contributed by atoms with van der Waals surface area (Å²) in [5.41, 5.74) is 3.14. The molecule has 0 unspecified atom stereocenters. The summed E-state index contributed by atoms with van der Waals surface area (Å²) in [5, 5.41) is 15.2. The minimum absolute atomic E-state index is 1.02. The Bertz CT molecular complexity index is 604. The van der Waals surface area contributed by atoms with Crippen LogP contribution in [0.3, 0.4) is 0 Å². The molecule has 0 radical (unpaired) electrons. The molecule has 3 rings (SSSR count). The summed E-state index contributed by atoms with van der Waals surface area (Å²) in [4.78, 5) is 0. The predicted octanol–water partition coefficient (Wildman–Crippen LogP) is 1.72. The highest BCUT2D eigenvalue weighted by Gasteiger charge is 2.00. The van der Waals surface area contributed by atoms with E-state index < -0.39 is 0 Å². The Labute approximate surface area is 97.8 Å². The van der Waals surface area contributed by atoms with Crippen molar-refractivity contribution in [1.29, 1.82) is 0 Å². The maximum absolute atomic E-state index is 3.87. The Morgan fingerprint density at radius 2 is 1.71 bits per heavy atom. The second kappa shape index (κ2) is 4.13. The summed E-state index contributed by atoms with van der Waals surface area (Å²) in [5.74, 6) is 0. The molecule has 82 valence electrons. The molecule has 0 fully saturated rings. The Kier molecular flexibility index (Phi) is 2.34. The lowest BCUT2D eigenvalue weighted by atomic mass is 10.1. The molecular weight excluding hydrogens is 214 g/mol. The zero-order chi connectivity index (χ0) is 11.5. The van der Waals surface area contributed by atoms with E-state index in [9.17, 15) is 0 Å². The van der Waals surface area contributed by atoms with Crippen molar-refractivity contribution in [2.75, 3.05) is 0 Å². The van der Waals surface area contributed by atoms with Crippen molar-refractivity contribution in [3.8, 4) is 16.8 Å². The lowest BCUT2D eigenvalue weighted by Crippen LogP contribution is -1.90. The van der Waals surface area contributed by atoms with E-state index in [-0.39, 0.29) is 0 Å². The van der Waals surface area contributed by atoms with Crippen molar-refractivity contribution in [3.63, 3.8) is 0 Å². The molecule has 0 saturated heterocycles. The first-order valence-electron chi connectivity index (χ1n) is 5.15. The number of nitrogens with zero attached hydrogens (tertiary/aromatic N) is 5. The van der Waals surface area contributed by atoms with Crippen LogP contribution in [0.15, 0.2) is 55.4 Å². The average molecular weight is 223 g/mol. The zero-order valence-electron chi connectivity index (χ0n) is 8.93. The molecule has 0 spiro atoms. The van der Waals surface area contributed by atoms with Gasteiger partial charge in [0.2, 0.25) is 0 Å². The Hall–Kier alpha value is -2.56. The van der Waals surface area contributed by atoms with E-state index in [2.05, 4.69) is 26.5 Å². The standard InChI is InChI=1S/C12H9N5/c1-2-10(11-4-5-13-14-7-11)6-12(3-1)17-8-15-16-9-17/h1-9H. The van der Waals surface area contributed by atoms with E-state index in [1.807, 2.05) is 28.8 Å². The Morgan fingerprint density at radius 3 is 2.47 bits per heavy atom. The minimum Gasteiger partial charge on any atom is -0.288 e. The molecule has 2 heterocycles. The molecule has 5 nitrogen and oxygen atoms in total. The molecular formula is C12H9N5. The maximum atomic E-state index is 3.87. The third-order valence-corrected chi connectivity index (χ3v) is 2.48. The molecule has 0 atom stereocenters. The SMILES string of the molecule is c1cc(-c2ccnnc2)cc(-n2cnnc2)c1. The van der Waals surface area contributed by atoms with E-state index in [1.54, 1.807) is 25.0 Å². The number of aromatic nitrogens is 5. The van der Waals surface area contributed by atoms with Gasteiger partial charge < -0.3 is 0 Å². The van der Waals surface area contributed by atoms with Crippen LogP contribution in [0.25, 0.3) is 16.8 Å². The molecule has 0 N–H and O–H groups in total. The van der Waals surface area contributed by atoms with Crippen molar-refractivity contribution >= 4 is 0 Å². The summed E-state index contributed by atoms with van der Waals surface area (Å²) in [6.07, 6.45) is 6.76. The zero-order valence-corrected chi connectivity index (χ0v) is 8.93. The average Bonchev–Trinajstić information content (AvgIpc) is 2.94. The normalized spacial score (nSPS) is 10.4. The van der Waals surface area contributed by atoms with Gasteiger partial charge in [0.05, 0.1) is 12.4 Å². The Morgan fingerprint density at radius 1 is 0.824 bits per heavy atom. The predicted molar refractivity (Wildman–Crippen MR) is 62.4 cm³/mol. The van der Waals surface area contributed by atoms with Gasteiger partial charge in [-0.3, -0.25) is 4.57 Å². The van der Waals surface area contributed by atoms with Crippen LogP contribution in [-0.4, -0.2) is 25.0 Å². The Balaban J connectivity index is 2.06. The van der Waals surface area contributed by atoms with Crippen LogP contribution in [0.5, 0.6) is 0 Å². The lowest BCUT2D eigenvalue weighted by Gasteiger charge is -2.04. The van der Waals surface area contributed by atoms with E-state index in [1.165, 1.54) is 0 Å². The van der Waals surface area contributed by atoms with Crippen molar-refractivity contribution in [3.05, 3.63) is 55.4 Å². The first-order chi connectivity index (χ1) is 8.43. The fraction of sp³-hybridized carbons (Fsp3) is 0. The minimum atomic E-state index is 1.02. The molecule has 3 aromatic rings. The van der Waals surface area contributed by atoms with E-state index in [0.29, 0.717) is 0 Å². The molecule has 2 aromatic heterocycles. The summed E-state index contributed by atoms with van der Waals surface area (Å²) < 4.78 is 1.86. The lowest BCUT2D eigenvalue weighted by molar-refractivity contribution is 1.03. The molecule has 0 bridgehead atoms. The molecule has 0 aliphatic carbocycles. The second-order valence-electron chi connectivity index (χ2n) is 3.55. The van der Waals surface area contributed by atoms with Gasteiger partial charge >= 0.3 is 0 Å². The van der Waals surface area contributed by atoms with Crippen LogP contribution in [0.2, 0.25) is 0 Å². The monoisotopic (exact) mass is 223 g/mol. The fourth-order valence-electron chi connectivity index (χ4n) is 1.64. The molecule has 17 heavy (non-hydrogen) atoms. The van der Waals surface area contributed by atoms with Gasteiger partial charge in [0.15, 0.2) is 0 Å². The number of hydrogen-bond donors (Lipinski definition) is 0. The quantitative estimate of drug-likeness (QED) is 0.663. The van der Waals surface area contributed by atoms with Crippen LogP contribution in [0, 0.1) is 0 Å². The van der Waals surface area contributed by atoms with Gasteiger partial charge in [-0.25, -0.2) is 0 Å². The van der Waals surface area contributed by atoms with Gasteiger partial charge in [0.25, 0.3) is 0 Å². The third-order valence-electron chi connectivity index (χ3n) is 2.48. The van der Waals surface area contributed by atoms with Crippen LogP contribution >= 0.6 is 0 Å². The van der Waals surface area contributed by atoms with Crippen molar-refractivity contribution in [2.45, 2.75) is 0 Å². The van der Waals surface area contributed by atoms with Crippen LogP contribution in [-0.2, 0) is 0 Å². The van der Waals surface area contributed by atoms with Crippen molar-refractivity contribution < 1.29 is 0 Å². The van der Waals surface area contributed by atoms with E-state index in [4.69, 9.17) is 0 Å². The summed E-state index contributed by atoms with van der Waals surface area (Å²) in [6.45, 7) is 0. The van der Waals surface area contributed by atoms with Gasteiger partial charge in [0, 0.05) is 11.3 Å². The molecule has 1 aromatic carbocycles. The van der Waals surface area contributed by atoms with Gasteiger partial charge in [0.1, 0.15) is 12.7 Å². The number of benzene rings is 1. The first-order valence-corrected chi connectivity index (χ1v) is 5.15. The third kappa shape index (κ3) is 1.90. The van der Waals surface area contributed by atoms with Crippen LogP contribution in [0.1, 0.15) is 0 Å². The van der Waals surface area contributed by atoms with Gasteiger partial charge in [-0.05, 0) is 23.8 Å². The summed E-state index contributed by atoms with van der Waals surface area (Å²) in [6, 6.07) is 10.0. The van der Waals surface area contributed by atoms with Gasteiger partial charge in [-0.1, -0.05) is 12.1 Å². The van der Waals surface area contributed by atoms with Gasteiger partial charge in [-0.15, -0.1) is 10.2 Å². The number of rotatable bonds is 2. The van der Waals surface area contributed by atoms with Crippen molar-refractivity contribution in [2.24, 2.45) is 0 Å². The second-order valence-corrected chi connectivity index (χ2v) is 3.55. The highest BCUT2D eigenvalue weighted by atomic mass is 15.2. The van der Waals surface area contributed by atoms with Crippen LogP contribution < -0.4 is 0 Å². The van der Waals surface area contributed by atoms with Crippen molar-refractivity contribution in [1.82, 2.24) is 25.0 Å². The highest BCUT2D eigenvalue weighted by molar-refractivity contribution is 5.64. The maximum Gasteiger partial charge on any atom is 0.123 e. The molecule has 0 aliphatic heterocycles. The molecule has 0 aliphatic rings. The van der Waals surface area contributed by atoms with E-state index in [0.717, 1.165) is 16.8 Å². The van der Waals surface area contributed by atoms with Gasteiger partial charge in [-0.2, -0.15) is 10.2 Å². The van der Waals surface area contributed by atoms with Crippen LogP contribution in [0.4, 0.5) is 0 Å². The summed E-state index contributed by atoms with van der Waals surface area (Å²) >= 11 is 0. The molecule has 0 saturated carbocycles. The largest absolute Gasteiger partial charge is 0.288 e. The first kappa shape index (κ1) is 9.65. The highest BCUT2D eigenvalue weighted by Crippen LogP contribution is 2.20. The smallest absolute Gasteiger partial charge is 0.123 e. The topological polar surface area (TPSA) is 56.5 Å². The number of hydrogen-bond acceptors (Lipinski definition) is 4.